The molecule has 3 aromatic heterocycles. The van der Waals surface area contributed by atoms with Gasteiger partial charge < -0.3 is 5.73 Å². The molecule has 0 aliphatic heterocycles. The Hall–Kier alpha value is -2.89. The van der Waals surface area contributed by atoms with Crippen LogP contribution in [0.1, 0.15) is 51.3 Å². The Bertz CT molecular complexity index is 1040. The third-order valence-electron chi connectivity index (χ3n) is 4.97. The molecule has 1 aromatic carbocycles. The number of nitrogens with zero attached hydrogens (tertiary/aromatic N) is 4. The van der Waals surface area contributed by atoms with E-state index in [0.29, 0.717) is 11.7 Å². The summed E-state index contributed by atoms with van der Waals surface area (Å²) in [6, 6.07) is 6.21. The van der Waals surface area contributed by atoms with Crippen molar-refractivity contribution in [2.45, 2.75) is 45.4 Å². The maximum Gasteiger partial charge on any atom is 0.150 e. The van der Waals surface area contributed by atoms with Crippen LogP contribution in [0.5, 0.6) is 0 Å². The van der Waals surface area contributed by atoms with E-state index in [9.17, 15) is 0 Å². The van der Waals surface area contributed by atoms with Crippen molar-refractivity contribution < 1.29 is 0 Å². The van der Waals surface area contributed by atoms with E-state index >= 15 is 0 Å². The zero-order valence-electron chi connectivity index (χ0n) is 15.2. The normalized spacial score (nSPS) is 11.8. The summed E-state index contributed by atoms with van der Waals surface area (Å²) in [7, 11) is 0. The van der Waals surface area contributed by atoms with Crippen molar-refractivity contribution in [1.29, 1.82) is 0 Å². The van der Waals surface area contributed by atoms with Crippen molar-refractivity contribution in [2.75, 3.05) is 5.73 Å². The highest BCUT2D eigenvalue weighted by atomic mass is 15.1. The second-order valence-electron chi connectivity index (χ2n) is 6.80. The number of benzene rings is 1. The monoisotopic (exact) mass is 348 g/mol. The number of rotatable bonds is 6. The Morgan fingerprint density at radius 1 is 1.19 bits per heavy atom. The molecule has 0 fully saturated rings. The number of nitrogens with two attached hydrogens (primary N) is 1. The topological polar surface area (TPSA) is 84.9 Å². The summed E-state index contributed by atoms with van der Waals surface area (Å²) in [6.45, 7) is 4.45. The third kappa shape index (κ3) is 2.71. The molecule has 0 atom stereocenters. The van der Waals surface area contributed by atoms with Gasteiger partial charge >= 0.3 is 0 Å². The molecule has 26 heavy (non-hydrogen) atoms. The lowest BCUT2D eigenvalue weighted by Crippen LogP contribution is -2.05. The smallest absolute Gasteiger partial charge is 0.150 e. The first-order chi connectivity index (χ1) is 12.7. The summed E-state index contributed by atoms with van der Waals surface area (Å²) >= 11 is 0. The Balaban J connectivity index is 1.94. The van der Waals surface area contributed by atoms with Crippen LogP contribution >= 0.6 is 0 Å². The predicted molar refractivity (Wildman–Crippen MR) is 105 cm³/mol. The molecule has 0 bridgehead atoms. The molecule has 6 nitrogen and oxygen atoms in total. The average Bonchev–Trinajstić information content (AvgIpc) is 3.26. The van der Waals surface area contributed by atoms with Crippen molar-refractivity contribution in [3.8, 4) is 11.3 Å². The molecule has 0 aliphatic rings. The van der Waals surface area contributed by atoms with Crippen molar-refractivity contribution in [1.82, 2.24) is 24.6 Å². The molecule has 3 N–H and O–H groups in total. The number of hydrogen-bond donors (Lipinski definition) is 2. The van der Waals surface area contributed by atoms with Crippen LogP contribution in [-0.4, -0.2) is 24.6 Å². The minimum absolute atomic E-state index is 0.420. The molecule has 4 aromatic rings. The van der Waals surface area contributed by atoms with Crippen LogP contribution in [0.4, 0.5) is 5.82 Å². The predicted octanol–water partition coefficient (Wildman–Crippen LogP) is 4.54. The lowest BCUT2D eigenvalue weighted by atomic mass is 9.97. The van der Waals surface area contributed by atoms with Crippen LogP contribution < -0.4 is 5.73 Å². The summed E-state index contributed by atoms with van der Waals surface area (Å²) in [5.41, 5.74) is 10.0. The van der Waals surface area contributed by atoms with Gasteiger partial charge in [0.2, 0.25) is 0 Å². The van der Waals surface area contributed by atoms with Crippen molar-refractivity contribution >= 4 is 22.2 Å². The minimum atomic E-state index is 0.420. The van der Waals surface area contributed by atoms with E-state index in [-0.39, 0.29) is 0 Å². The first-order valence-electron chi connectivity index (χ1n) is 9.28. The van der Waals surface area contributed by atoms with Gasteiger partial charge in [-0.05, 0) is 18.9 Å². The molecule has 0 aliphatic carbocycles. The van der Waals surface area contributed by atoms with Gasteiger partial charge in [0.05, 0.1) is 11.7 Å². The van der Waals surface area contributed by atoms with Crippen LogP contribution in [0.25, 0.3) is 27.7 Å². The molecule has 0 amide bonds. The molecule has 4 rings (SSSR count). The number of nitrogens with one attached hydrogen (secondary N) is 1. The largest absolute Gasteiger partial charge is 0.382 e. The van der Waals surface area contributed by atoms with Gasteiger partial charge in [-0.1, -0.05) is 38.8 Å². The summed E-state index contributed by atoms with van der Waals surface area (Å²) in [5.74, 6) is 2.01. The number of aromatic nitrogens is 5. The standard InChI is InChI=1S/C20H24N6/c1-3-5-13(6-4-2)20-24-17(18-19(21)22-9-10-26(18)20)14-7-8-15-12-23-25-16(15)11-14/h7-13H,3-6H2,1-2H3,(H2,21,22)(H,23,25). The van der Waals surface area contributed by atoms with Gasteiger partial charge in [0, 0.05) is 29.3 Å². The Morgan fingerprint density at radius 2 is 2.00 bits per heavy atom. The van der Waals surface area contributed by atoms with Crippen molar-refractivity contribution in [2.24, 2.45) is 0 Å². The second-order valence-corrected chi connectivity index (χ2v) is 6.80. The number of fused-ring (bicyclic) bond motifs is 2. The zero-order chi connectivity index (χ0) is 18.1. The molecule has 0 unspecified atom stereocenters. The first kappa shape index (κ1) is 16.6. The van der Waals surface area contributed by atoms with Crippen LogP contribution in [0.2, 0.25) is 0 Å². The summed E-state index contributed by atoms with van der Waals surface area (Å²) in [4.78, 5) is 9.37. The number of nitrogen functional groups attached to an aromatic ring is 1. The molecule has 0 spiro atoms. The van der Waals surface area contributed by atoms with Gasteiger partial charge in [0.15, 0.2) is 0 Å². The van der Waals surface area contributed by atoms with Gasteiger partial charge in [-0.25, -0.2) is 9.97 Å². The van der Waals surface area contributed by atoms with Gasteiger partial charge in [-0.3, -0.25) is 9.50 Å². The minimum Gasteiger partial charge on any atom is -0.382 e. The van der Waals surface area contributed by atoms with Gasteiger partial charge in [0.1, 0.15) is 22.9 Å². The molecule has 3 heterocycles. The summed E-state index contributed by atoms with van der Waals surface area (Å²) in [5, 5.41) is 8.22. The number of hydrogen-bond acceptors (Lipinski definition) is 4. The van der Waals surface area contributed by atoms with Crippen LogP contribution in [-0.2, 0) is 0 Å². The highest BCUT2D eigenvalue weighted by molar-refractivity contribution is 5.90. The summed E-state index contributed by atoms with van der Waals surface area (Å²) < 4.78 is 2.13. The fourth-order valence-electron chi connectivity index (χ4n) is 3.76. The number of imidazole rings is 1. The Morgan fingerprint density at radius 3 is 2.77 bits per heavy atom. The van der Waals surface area contributed by atoms with Crippen molar-refractivity contribution in [3.05, 3.63) is 42.6 Å². The van der Waals surface area contributed by atoms with E-state index in [2.05, 4.69) is 51.6 Å². The fourth-order valence-corrected chi connectivity index (χ4v) is 3.76. The van der Waals surface area contributed by atoms with Crippen LogP contribution in [0.15, 0.2) is 36.8 Å². The Labute approximate surface area is 152 Å². The SMILES string of the molecule is CCCC(CCC)c1nc(-c2ccc3cn[nH]c3c2)c2c(N)nccn12. The lowest BCUT2D eigenvalue weighted by molar-refractivity contribution is 0.532. The van der Waals surface area contributed by atoms with E-state index in [1.165, 1.54) is 0 Å². The molecule has 0 saturated heterocycles. The molecule has 0 radical (unpaired) electrons. The molecular weight excluding hydrogens is 324 g/mol. The van der Waals surface area contributed by atoms with E-state index in [1.54, 1.807) is 6.20 Å². The van der Waals surface area contributed by atoms with E-state index in [1.807, 2.05) is 12.4 Å². The van der Waals surface area contributed by atoms with Gasteiger partial charge in [0.25, 0.3) is 0 Å². The van der Waals surface area contributed by atoms with E-state index in [4.69, 9.17) is 10.7 Å². The van der Waals surface area contributed by atoms with E-state index < -0.39 is 0 Å². The second kappa shape index (κ2) is 6.78. The number of anilines is 1. The van der Waals surface area contributed by atoms with Crippen LogP contribution in [0.3, 0.4) is 0 Å². The molecule has 0 saturated carbocycles. The lowest BCUT2D eigenvalue weighted by Gasteiger charge is -2.14. The third-order valence-corrected chi connectivity index (χ3v) is 4.97. The molecular formula is C20H24N6. The zero-order valence-corrected chi connectivity index (χ0v) is 15.2. The van der Waals surface area contributed by atoms with Crippen LogP contribution in [0, 0.1) is 0 Å². The fraction of sp³-hybridized carbons (Fsp3) is 0.350. The quantitative estimate of drug-likeness (QED) is 0.536. The number of H-pyrrole nitrogens is 1. The highest BCUT2D eigenvalue weighted by Crippen LogP contribution is 2.34. The maximum atomic E-state index is 6.26. The van der Waals surface area contributed by atoms with E-state index in [0.717, 1.165) is 59.2 Å². The van der Waals surface area contributed by atoms with Crippen molar-refractivity contribution in [3.63, 3.8) is 0 Å². The highest BCUT2D eigenvalue weighted by Gasteiger charge is 2.21. The molecule has 134 valence electrons. The molecule has 6 heteroatoms. The maximum absolute atomic E-state index is 6.26. The average molecular weight is 348 g/mol. The van der Waals surface area contributed by atoms with Gasteiger partial charge in [-0.15, -0.1) is 0 Å². The number of aromatic amines is 1. The Kier molecular flexibility index (Phi) is 4.32. The van der Waals surface area contributed by atoms with Gasteiger partial charge in [-0.2, -0.15) is 5.10 Å². The summed E-state index contributed by atoms with van der Waals surface area (Å²) in [6.07, 6.45) is 10.1. The first-order valence-corrected chi connectivity index (χ1v) is 9.28.